The van der Waals surface area contributed by atoms with E-state index in [9.17, 15) is 9.90 Å². The monoisotopic (exact) mass is 290 g/mol. The molecule has 0 aliphatic heterocycles. The molecule has 4 nitrogen and oxygen atoms in total. The Labute approximate surface area is 127 Å². The van der Waals surface area contributed by atoms with Gasteiger partial charge in [0.05, 0.1) is 0 Å². The van der Waals surface area contributed by atoms with Crippen LogP contribution >= 0.6 is 0 Å². The Morgan fingerprint density at radius 2 is 2.00 bits per heavy atom. The van der Waals surface area contributed by atoms with Crippen molar-refractivity contribution >= 4 is 5.97 Å². The van der Waals surface area contributed by atoms with Crippen molar-refractivity contribution in [2.75, 3.05) is 13.6 Å². The Bertz CT molecular complexity index is 471. The molecule has 0 amide bonds. The molecule has 0 radical (unpaired) electrons. The van der Waals surface area contributed by atoms with Gasteiger partial charge in [-0.1, -0.05) is 30.3 Å². The molecule has 1 aromatic rings. The standard InChI is InChI=1S/C17H26N2O2/c1-13(2)18-17(16(20)21,14-7-5-4-6-8-14)11-12-19(3)15-9-10-15/h4-8,13,15,18H,9-12H2,1-3H3,(H,20,21). The minimum absolute atomic E-state index is 0.104. The zero-order valence-electron chi connectivity index (χ0n) is 13.2. The summed E-state index contributed by atoms with van der Waals surface area (Å²) in [6.07, 6.45) is 3.04. The van der Waals surface area contributed by atoms with Gasteiger partial charge in [0.2, 0.25) is 0 Å². The van der Waals surface area contributed by atoms with Crippen LogP contribution in [0, 0.1) is 0 Å². The second kappa shape index (κ2) is 6.58. The van der Waals surface area contributed by atoms with Crippen LogP contribution < -0.4 is 5.32 Å². The Morgan fingerprint density at radius 3 is 2.48 bits per heavy atom. The fourth-order valence-corrected chi connectivity index (χ4v) is 2.85. The van der Waals surface area contributed by atoms with Gasteiger partial charge < -0.3 is 10.0 Å². The van der Waals surface area contributed by atoms with Crippen LogP contribution in [-0.2, 0) is 10.3 Å². The SMILES string of the molecule is CC(C)NC(CCN(C)C1CC1)(C(=O)O)c1ccccc1. The van der Waals surface area contributed by atoms with Crippen LogP contribution in [0.2, 0.25) is 0 Å². The van der Waals surface area contributed by atoms with Crippen LogP contribution in [0.3, 0.4) is 0 Å². The number of carboxylic acid groups (broad SMARTS) is 1. The molecular weight excluding hydrogens is 264 g/mol. The number of benzene rings is 1. The Morgan fingerprint density at radius 1 is 1.38 bits per heavy atom. The van der Waals surface area contributed by atoms with Crippen molar-refractivity contribution < 1.29 is 9.90 Å². The number of aliphatic carboxylic acids is 1. The van der Waals surface area contributed by atoms with Crippen molar-refractivity contribution in [1.82, 2.24) is 10.2 Å². The van der Waals surface area contributed by atoms with Crippen molar-refractivity contribution in [2.24, 2.45) is 0 Å². The maximum Gasteiger partial charge on any atom is 0.328 e. The van der Waals surface area contributed by atoms with E-state index in [1.165, 1.54) is 12.8 Å². The van der Waals surface area contributed by atoms with Gasteiger partial charge in [-0.3, -0.25) is 5.32 Å². The van der Waals surface area contributed by atoms with Crippen LogP contribution in [0.4, 0.5) is 0 Å². The molecule has 1 fully saturated rings. The van der Waals surface area contributed by atoms with E-state index in [0.717, 1.165) is 12.1 Å². The van der Waals surface area contributed by atoms with E-state index in [0.29, 0.717) is 12.5 Å². The van der Waals surface area contributed by atoms with E-state index in [4.69, 9.17) is 0 Å². The van der Waals surface area contributed by atoms with Gasteiger partial charge in [0.25, 0.3) is 0 Å². The third-order valence-corrected chi connectivity index (χ3v) is 4.18. The maximum atomic E-state index is 12.1. The van der Waals surface area contributed by atoms with E-state index in [1.807, 2.05) is 44.2 Å². The molecule has 4 heteroatoms. The van der Waals surface area contributed by atoms with Crippen molar-refractivity contribution in [1.29, 1.82) is 0 Å². The zero-order valence-corrected chi connectivity index (χ0v) is 13.2. The van der Waals surface area contributed by atoms with Crippen LogP contribution in [0.15, 0.2) is 30.3 Å². The Kier molecular flexibility index (Phi) is 5.01. The number of carboxylic acids is 1. The first-order valence-corrected chi connectivity index (χ1v) is 7.72. The molecule has 1 atom stereocenters. The van der Waals surface area contributed by atoms with Crippen molar-refractivity contribution in [2.45, 2.75) is 50.7 Å². The number of nitrogens with zero attached hydrogens (tertiary/aromatic N) is 1. The van der Waals surface area contributed by atoms with E-state index >= 15 is 0 Å². The first-order chi connectivity index (χ1) is 9.95. The van der Waals surface area contributed by atoms with Gasteiger partial charge in [0, 0.05) is 18.6 Å². The highest BCUT2D eigenvalue weighted by Gasteiger charge is 2.41. The maximum absolute atomic E-state index is 12.1. The number of nitrogens with one attached hydrogen (secondary N) is 1. The second-order valence-corrected chi connectivity index (χ2v) is 6.34. The predicted octanol–water partition coefficient (Wildman–Crippen LogP) is 2.45. The summed E-state index contributed by atoms with van der Waals surface area (Å²) in [5, 5.41) is 13.2. The van der Waals surface area contributed by atoms with Gasteiger partial charge in [0.1, 0.15) is 5.54 Å². The van der Waals surface area contributed by atoms with Gasteiger partial charge in [0.15, 0.2) is 0 Å². The minimum Gasteiger partial charge on any atom is -0.480 e. The molecule has 1 unspecified atom stereocenters. The average molecular weight is 290 g/mol. The predicted molar refractivity (Wildman–Crippen MR) is 84.3 cm³/mol. The summed E-state index contributed by atoms with van der Waals surface area (Å²) in [5.74, 6) is -0.799. The Hall–Kier alpha value is -1.39. The fraction of sp³-hybridized carbons (Fsp3) is 0.588. The molecule has 2 rings (SSSR count). The van der Waals surface area contributed by atoms with Crippen molar-refractivity contribution in [3.63, 3.8) is 0 Å². The molecule has 0 saturated heterocycles. The summed E-state index contributed by atoms with van der Waals surface area (Å²) in [4.78, 5) is 14.4. The summed E-state index contributed by atoms with van der Waals surface area (Å²) in [6, 6.07) is 10.3. The highest BCUT2D eigenvalue weighted by atomic mass is 16.4. The third kappa shape index (κ3) is 3.83. The molecule has 1 aliphatic rings. The summed E-state index contributed by atoms with van der Waals surface area (Å²) in [7, 11) is 2.09. The van der Waals surface area contributed by atoms with Gasteiger partial charge in [-0.05, 0) is 45.7 Å². The number of hydrogen-bond acceptors (Lipinski definition) is 3. The normalized spacial score (nSPS) is 18.0. The van der Waals surface area contributed by atoms with E-state index in [1.54, 1.807) is 0 Å². The molecule has 1 aliphatic carbocycles. The smallest absolute Gasteiger partial charge is 0.328 e. The first kappa shape index (κ1) is 16.0. The quantitative estimate of drug-likeness (QED) is 0.772. The van der Waals surface area contributed by atoms with Crippen molar-refractivity contribution in [3.05, 3.63) is 35.9 Å². The summed E-state index contributed by atoms with van der Waals surface area (Å²) >= 11 is 0. The molecule has 21 heavy (non-hydrogen) atoms. The molecule has 1 aromatic carbocycles. The van der Waals surface area contributed by atoms with Gasteiger partial charge in [-0.25, -0.2) is 4.79 Å². The minimum atomic E-state index is -1.02. The molecule has 116 valence electrons. The Balaban J connectivity index is 2.24. The second-order valence-electron chi connectivity index (χ2n) is 6.34. The van der Waals surface area contributed by atoms with E-state index in [-0.39, 0.29) is 6.04 Å². The van der Waals surface area contributed by atoms with Gasteiger partial charge >= 0.3 is 5.97 Å². The fourth-order valence-electron chi connectivity index (χ4n) is 2.85. The third-order valence-electron chi connectivity index (χ3n) is 4.18. The molecular formula is C17H26N2O2. The van der Waals surface area contributed by atoms with Crippen LogP contribution in [-0.4, -0.2) is 41.7 Å². The van der Waals surface area contributed by atoms with Gasteiger partial charge in [-0.2, -0.15) is 0 Å². The molecule has 0 aromatic heterocycles. The van der Waals surface area contributed by atoms with Crippen LogP contribution in [0.5, 0.6) is 0 Å². The number of rotatable bonds is 8. The van der Waals surface area contributed by atoms with Crippen LogP contribution in [0.1, 0.15) is 38.7 Å². The lowest BCUT2D eigenvalue weighted by Crippen LogP contribution is -2.53. The van der Waals surface area contributed by atoms with Gasteiger partial charge in [-0.15, -0.1) is 0 Å². The topological polar surface area (TPSA) is 52.6 Å². The van der Waals surface area contributed by atoms with E-state index < -0.39 is 11.5 Å². The highest BCUT2D eigenvalue weighted by molar-refractivity contribution is 5.81. The lowest BCUT2D eigenvalue weighted by atomic mass is 9.85. The lowest BCUT2D eigenvalue weighted by Gasteiger charge is -2.34. The van der Waals surface area contributed by atoms with Crippen LogP contribution in [0.25, 0.3) is 0 Å². The molecule has 0 heterocycles. The molecule has 0 spiro atoms. The summed E-state index contributed by atoms with van der Waals surface area (Å²) < 4.78 is 0. The number of carbonyl (C=O) groups is 1. The molecule has 1 saturated carbocycles. The number of hydrogen-bond donors (Lipinski definition) is 2. The zero-order chi connectivity index (χ0) is 15.5. The summed E-state index contributed by atoms with van der Waals surface area (Å²) in [5.41, 5.74) is -0.186. The lowest BCUT2D eigenvalue weighted by molar-refractivity contribution is -0.146. The van der Waals surface area contributed by atoms with Crippen molar-refractivity contribution in [3.8, 4) is 0 Å². The molecule has 2 N–H and O–H groups in total. The molecule has 0 bridgehead atoms. The highest BCUT2D eigenvalue weighted by Crippen LogP contribution is 2.30. The average Bonchev–Trinajstić information content (AvgIpc) is 3.28. The summed E-state index contributed by atoms with van der Waals surface area (Å²) in [6.45, 7) is 4.77. The largest absolute Gasteiger partial charge is 0.480 e. The van der Waals surface area contributed by atoms with E-state index in [2.05, 4.69) is 17.3 Å². The first-order valence-electron chi connectivity index (χ1n) is 7.72.